The van der Waals surface area contributed by atoms with Crippen LogP contribution in [-0.4, -0.2) is 36.6 Å². The van der Waals surface area contributed by atoms with Crippen LogP contribution in [0.5, 0.6) is 0 Å². The van der Waals surface area contributed by atoms with E-state index in [0.29, 0.717) is 11.3 Å². The summed E-state index contributed by atoms with van der Waals surface area (Å²) < 4.78 is 5.72. The van der Waals surface area contributed by atoms with Crippen molar-refractivity contribution in [1.29, 1.82) is 0 Å². The molecule has 0 spiro atoms. The second kappa shape index (κ2) is 7.45. The van der Waals surface area contributed by atoms with E-state index in [2.05, 4.69) is 25.7 Å². The fourth-order valence-corrected chi connectivity index (χ4v) is 7.13. The van der Waals surface area contributed by atoms with E-state index < -0.39 is 0 Å². The van der Waals surface area contributed by atoms with Crippen LogP contribution < -0.4 is 0 Å². The molecule has 4 aliphatic rings. The van der Waals surface area contributed by atoms with Gasteiger partial charge in [-0.2, -0.15) is 0 Å². The first-order valence-electron chi connectivity index (χ1n) is 11.4. The van der Waals surface area contributed by atoms with Crippen LogP contribution in [0, 0.1) is 35.0 Å². The number of esters is 1. The third-order valence-electron chi connectivity index (χ3n) is 8.17. The number of likely N-dealkylation sites (tertiary alicyclic amines) is 1. The number of carbonyl (C=O) groups is 1. The number of carbonyl (C=O) groups excluding carboxylic acids is 1. The second-order valence-electron chi connectivity index (χ2n) is 10.6. The molecule has 0 aromatic carbocycles. The van der Waals surface area contributed by atoms with Gasteiger partial charge in [0.2, 0.25) is 0 Å². The average molecular weight is 362 g/mol. The Morgan fingerprint density at radius 3 is 2.81 bits per heavy atom. The van der Waals surface area contributed by atoms with Gasteiger partial charge in [0.25, 0.3) is 0 Å². The lowest BCUT2D eigenvalue weighted by molar-refractivity contribution is -0.144. The number of cyclic esters (lactones) is 1. The minimum absolute atomic E-state index is 0.120. The van der Waals surface area contributed by atoms with Gasteiger partial charge < -0.3 is 9.64 Å². The van der Waals surface area contributed by atoms with E-state index in [0.717, 1.165) is 24.2 Å². The van der Waals surface area contributed by atoms with Gasteiger partial charge in [-0.15, -0.1) is 0 Å². The molecule has 6 atom stereocenters. The SMILES string of the molecule is C[C@@H]1OC(=O)[C@H]2C[C@H]3CCCC[C@@H]3[C@@H](CCCN3CCCC(C)(C)C3)[C@@H]12. The number of ether oxygens (including phenoxy) is 1. The van der Waals surface area contributed by atoms with E-state index in [9.17, 15) is 4.79 Å². The Morgan fingerprint density at radius 1 is 1.19 bits per heavy atom. The highest BCUT2D eigenvalue weighted by atomic mass is 16.6. The Morgan fingerprint density at radius 2 is 2.00 bits per heavy atom. The highest BCUT2D eigenvalue weighted by Crippen LogP contribution is 2.54. The summed E-state index contributed by atoms with van der Waals surface area (Å²) >= 11 is 0. The highest BCUT2D eigenvalue weighted by molar-refractivity contribution is 5.75. The van der Waals surface area contributed by atoms with Crippen LogP contribution in [0.4, 0.5) is 0 Å². The summed E-state index contributed by atoms with van der Waals surface area (Å²) in [7, 11) is 0. The molecule has 2 aliphatic carbocycles. The van der Waals surface area contributed by atoms with Crippen LogP contribution in [0.25, 0.3) is 0 Å². The number of fused-ring (bicyclic) bond motifs is 2. The third-order valence-corrected chi connectivity index (χ3v) is 8.17. The lowest BCUT2D eigenvalue weighted by Crippen LogP contribution is -2.44. The van der Waals surface area contributed by atoms with Crippen LogP contribution in [0.2, 0.25) is 0 Å². The predicted molar refractivity (Wildman–Crippen MR) is 105 cm³/mol. The first kappa shape index (κ1) is 18.8. The van der Waals surface area contributed by atoms with E-state index in [4.69, 9.17) is 4.74 Å². The molecule has 0 bridgehead atoms. The Kier molecular flexibility index (Phi) is 5.38. The van der Waals surface area contributed by atoms with Gasteiger partial charge in [0.15, 0.2) is 0 Å². The average Bonchev–Trinajstić information content (AvgIpc) is 2.87. The van der Waals surface area contributed by atoms with E-state index >= 15 is 0 Å². The normalized spacial score (nSPS) is 42.8. The van der Waals surface area contributed by atoms with Gasteiger partial charge >= 0.3 is 5.97 Å². The maximum Gasteiger partial charge on any atom is 0.309 e. The van der Waals surface area contributed by atoms with E-state index in [1.807, 2.05) is 0 Å². The van der Waals surface area contributed by atoms with Crippen molar-refractivity contribution in [2.24, 2.45) is 35.0 Å². The minimum Gasteiger partial charge on any atom is -0.462 e. The summed E-state index contributed by atoms with van der Waals surface area (Å²) in [5, 5.41) is 0. The number of piperidine rings is 1. The number of rotatable bonds is 4. The molecular weight excluding hydrogens is 322 g/mol. The van der Waals surface area contributed by atoms with Gasteiger partial charge in [0, 0.05) is 12.5 Å². The van der Waals surface area contributed by atoms with Crippen LogP contribution >= 0.6 is 0 Å². The fourth-order valence-electron chi connectivity index (χ4n) is 7.13. The highest BCUT2D eigenvalue weighted by Gasteiger charge is 2.54. The van der Waals surface area contributed by atoms with Crippen LogP contribution in [0.15, 0.2) is 0 Å². The first-order chi connectivity index (χ1) is 12.4. The smallest absolute Gasteiger partial charge is 0.309 e. The minimum atomic E-state index is 0.120. The molecule has 2 saturated carbocycles. The summed E-state index contributed by atoms with van der Waals surface area (Å²) in [5.74, 6) is 3.21. The van der Waals surface area contributed by atoms with Crippen LogP contribution in [0.3, 0.4) is 0 Å². The lowest BCUT2D eigenvalue weighted by atomic mass is 9.56. The standard InChI is InChI=1S/C23H39NO2/c1-16-21-19(10-6-12-24-13-7-11-23(2,3)15-24)18-9-5-4-8-17(18)14-20(21)22(25)26-16/h16-21H,4-15H2,1-3H3/t16-,17+,18-,19+,20-,21+/m0/s1. The molecule has 4 fully saturated rings. The number of hydrogen-bond donors (Lipinski definition) is 0. The van der Waals surface area contributed by atoms with Gasteiger partial charge in [-0.3, -0.25) is 4.79 Å². The molecule has 3 nitrogen and oxygen atoms in total. The third kappa shape index (κ3) is 3.70. The quantitative estimate of drug-likeness (QED) is 0.668. The Bertz CT molecular complexity index is 516. The van der Waals surface area contributed by atoms with Crippen molar-refractivity contribution in [3.8, 4) is 0 Å². The molecular formula is C23H39NO2. The maximum absolute atomic E-state index is 12.4. The van der Waals surface area contributed by atoms with Gasteiger partial charge in [-0.1, -0.05) is 33.1 Å². The molecule has 26 heavy (non-hydrogen) atoms. The largest absolute Gasteiger partial charge is 0.462 e. The molecule has 0 unspecified atom stereocenters. The monoisotopic (exact) mass is 361 g/mol. The topological polar surface area (TPSA) is 29.5 Å². The predicted octanol–water partition coefficient (Wildman–Crippen LogP) is 4.89. The summed E-state index contributed by atoms with van der Waals surface area (Å²) in [4.78, 5) is 15.1. The van der Waals surface area contributed by atoms with Crippen molar-refractivity contribution >= 4 is 5.97 Å². The molecule has 148 valence electrons. The Hall–Kier alpha value is -0.570. The van der Waals surface area contributed by atoms with Crippen LogP contribution in [-0.2, 0) is 9.53 Å². The zero-order valence-corrected chi connectivity index (χ0v) is 17.2. The molecule has 2 saturated heterocycles. The zero-order valence-electron chi connectivity index (χ0n) is 17.2. The summed E-state index contributed by atoms with van der Waals surface area (Å²) in [5.41, 5.74) is 0.489. The zero-order chi connectivity index (χ0) is 18.3. The van der Waals surface area contributed by atoms with Gasteiger partial charge in [-0.25, -0.2) is 0 Å². The van der Waals surface area contributed by atoms with Gasteiger partial charge in [0.1, 0.15) is 6.10 Å². The number of nitrogens with zero attached hydrogens (tertiary/aromatic N) is 1. The molecule has 0 amide bonds. The Balaban J connectivity index is 1.40. The fraction of sp³-hybridized carbons (Fsp3) is 0.957. The van der Waals surface area contributed by atoms with Crippen LogP contribution in [0.1, 0.15) is 78.6 Å². The molecule has 2 heterocycles. The second-order valence-corrected chi connectivity index (χ2v) is 10.6. The van der Waals surface area contributed by atoms with Crippen molar-refractivity contribution in [2.75, 3.05) is 19.6 Å². The summed E-state index contributed by atoms with van der Waals surface area (Å²) in [6, 6.07) is 0. The van der Waals surface area contributed by atoms with Crippen molar-refractivity contribution in [3.63, 3.8) is 0 Å². The van der Waals surface area contributed by atoms with Crippen molar-refractivity contribution in [2.45, 2.75) is 84.7 Å². The van der Waals surface area contributed by atoms with Gasteiger partial charge in [-0.05, 0) is 81.7 Å². The Labute approximate surface area is 160 Å². The molecule has 4 rings (SSSR count). The molecule has 2 aliphatic heterocycles. The maximum atomic E-state index is 12.4. The van der Waals surface area contributed by atoms with Crippen molar-refractivity contribution in [3.05, 3.63) is 0 Å². The molecule has 0 N–H and O–H groups in total. The first-order valence-corrected chi connectivity index (χ1v) is 11.4. The molecule has 0 radical (unpaired) electrons. The van der Waals surface area contributed by atoms with Crippen molar-refractivity contribution in [1.82, 2.24) is 4.90 Å². The molecule has 3 heteroatoms. The molecule has 0 aromatic rings. The molecule has 0 aromatic heterocycles. The summed E-state index contributed by atoms with van der Waals surface area (Å²) in [6.07, 6.45) is 12.1. The number of hydrogen-bond acceptors (Lipinski definition) is 3. The van der Waals surface area contributed by atoms with Crippen molar-refractivity contribution < 1.29 is 9.53 Å². The van der Waals surface area contributed by atoms with E-state index in [1.165, 1.54) is 71.0 Å². The van der Waals surface area contributed by atoms with E-state index in [1.54, 1.807) is 0 Å². The van der Waals surface area contributed by atoms with Gasteiger partial charge in [0.05, 0.1) is 5.92 Å². The van der Waals surface area contributed by atoms with E-state index in [-0.39, 0.29) is 18.0 Å². The lowest BCUT2D eigenvalue weighted by Gasteiger charge is -2.47. The summed E-state index contributed by atoms with van der Waals surface area (Å²) in [6.45, 7) is 10.8.